The fraction of sp³-hybridized carbons (Fsp3) is 0.133. The number of azo groups is 1. The van der Waals surface area contributed by atoms with E-state index in [4.69, 9.17) is 0 Å². The van der Waals surface area contributed by atoms with Gasteiger partial charge in [0, 0.05) is 6.07 Å². The summed E-state index contributed by atoms with van der Waals surface area (Å²) in [5.41, 5.74) is -4.74. The zero-order valence-corrected chi connectivity index (χ0v) is 12.1. The molecular weight excluding hydrogens is 354 g/mol. The molecule has 0 radical (unpaired) electrons. The van der Waals surface area contributed by atoms with Crippen molar-refractivity contribution in [3.05, 3.63) is 63.8 Å². The van der Waals surface area contributed by atoms with Crippen LogP contribution >= 0.6 is 0 Å². The Labute approximate surface area is 136 Å². The molecule has 2 aromatic rings. The molecule has 0 saturated carbocycles. The first-order chi connectivity index (χ1) is 11.5. The highest BCUT2D eigenvalue weighted by molar-refractivity contribution is 5.47. The topological polar surface area (TPSA) is 62.0 Å². The number of hydrogen-bond donors (Lipinski definition) is 1. The average Bonchev–Trinajstić information content (AvgIpc) is 2.65. The van der Waals surface area contributed by atoms with Crippen LogP contribution in [0, 0.1) is 0 Å². The minimum absolute atomic E-state index is 0.0324. The van der Waals surface area contributed by atoms with Gasteiger partial charge in [0.25, 0.3) is 0 Å². The van der Waals surface area contributed by atoms with Crippen LogP contribution in [0.5, 0.6) is 5.75 Å². The summed E-state index contributed by atoms with van der Waals surface area (Å²) in [7, 11) is 0. The van der Waals surface area contributed by atoms with Crippen LogP contribution < -0.4 is 5.43 Å². The van der Waals surface area contributed by atoms with E-state index in [1.54, 1.807) is 0 Å². The highest BCUT2D eigenvalue weighted by Crippen LogP contribution is 2.38. The van der Waals surface area contributed by atoms with Gasteiger partial charge in [-0.05, 0) is 30.3 Å². The molecule has 0 bridgehead atoms. The van der Waals surface area contributed by atoms with Crippen molar-refractivity contribution < 1.29 is 31.4 Å². The van der Waals surface area contributed by atoms with E-state index in [0.29, 0.717) is 12.1 Å². The predicted molar refractivity (Wildman–Crippen MR) is 75.0 cm³/mol. The van der Waals surface area contributed by atoms with Crippen molar-refractivity contribution in [2.75, 3.05) is 0 Å². The third-order valence-electron chi connectivity index (χ3n) is 2.91. The van der Waals surface area contributed by atoms with Crippen molar-refractivity contribution in [3.63, 3.8) is 0 Å². The molecule has 0 aliphatic heterocycles. The fourth-order valence-electron chi connectivity index (χ4n) is 1.75. The molecule has 1 N–H and O–H groups in total. The minimum Gasteiger partial charge on any atom is -0.504 e. The SMILES string of the molecule is O=c1cc(N=Nc2cc(C(F)(F)F)cc(C(F)(F)F)c2)cccc1O. The van der Waals surface area contributed by atoms with Crippen molar-refractivity contribution in [2.45, 2.75) is 12.4 Å². The predicted octanol–water partition coefficient (Wildman–Crippen LogP) is 5.21. The van der Waals surface area contributed by atoms with Gasteiger partial charge >= 0.3 is 12.4 Å². The largest absolute Gasteiger partial charge is 0.504 e. The van der Waals surface area contributed by atoms with Crippen LogP contribution in [0.15, 0.2) is 57.5 Å². The van der Waals surface area contributed by atoms with Crippen molar-refractivity contribution in [1.29, 1.82) is 0 Å². The second-order valence-corrected chi connectivity index (χ2v) is 4.81. The molecule has 132 valence electrons. The maximum absolute atomic E-state index is 12.7. The molecule has 2 rings (SSSR count). The minimum atomic E-state index is -5.00. The molecule has 0 amide bonds. The van der Waals surface area contributed by atoms with E-state index < -0.39 is 40.3 Å². The van der Waals surface area contributed by atoms with Crippen molar-refractivity contribution in [2.24, 2.45) is 10.2 Å². The molecule has 0 saturated heterocycles. The van der Waals surface area contributed by atoms with Crippen molar-refractivity contribution in [3.8, 4) is 5.75 Å². The highest BCUT2D eigenvalue weighted by Gasteiger charge is 2.36. The van der Waals surface area contributed by atoms with Gasteiger partial charge in [-0.1, -0.05) is 6.07 Å². The summed E-state index contributed by atoms with van der Waals surface area (Å²) in [5.74, 6) is -0.597. The number of halogens is 6. The van der Waals surface area contributed by atoms with Crippen molar-refractivity contribution >= 4 is 11.4 Å². The number of alkyl halides is 6. The Morgan fingerprint density at radius 3 is 1.80 bits per heavy atom. The lowest BCUT2D eigenvalue weighted by Gasteiger charge is -2.12. The molecule has 0 fully saturated rings. The summed E-state index contributed by atoms with van der Waals surface area (Å²) < 4.78 is 76.4. The van der Waals surface area contributed by atoms with Crippen LogP contribution in [0.25, 0.3) is 0 Å². The molecule has 0 aromatic heterocycles. The Hall–Kier alpha value is -2.91. The zero-order valence-electron chi connectivity index (χ0n) is 12.1. The molecule has 0 spiro atoms. The van der Waals surface area contributed by atoms with Gasteiger partial charge in [0.2, 0.25) is 5.43 Å². The van der Waals surface area contributed by atoms with Crippen LogP contribution in [-0.4, -0.2) is 5.11 Å². The van der Waals surface area contributed by atoms with Gasteiger partial charge in [0.1, 0.15) is 0 Å². The molecule has 2 aromatic carbocycles. The number of nitrogens with zero attached hydrogens (tertiary/aromatic N) is 2. The van der Waals surface area contributed by atoms with E-state index in [2.05, 4.69) is 10.2 Å². The van der Waals surface area contributed by atoms with Crippen LogP contribution in [0.1, 0.15) is 11.1 Å². The van der Waals surface area contributed by atoms with Gasteiger partial charge in [-0.15, -0.1) is 0 Å². The summed E-state index contributed by atoms with van der Waals surface area (Å²) in [6.07, 6.45) is -10.0. The monoisotopic (exact) mass is 362 g/mol. The Bertz CT molecular complexity index is 843. The Morgan fingerprint density at radius 1 is 0.760 bits per heavy atom. The Morgan fingerprint density at radius 2 is 1.28 bits per heavy atom. The van der Waals surface area contributed by atoms with E-state index in [1.807, 2.05) is 0 Å². The molecular formula is C15H8F6N2O2. The summed E-state index contributed by atoms with van der Waals surface area (Å²) in [6.45, 7) is 0. The standard InChI is InChI=1S/C15H8F6N2O2/c16-14(17,18)8-4-9(15(19,20)21)6-11(5-8)23-22-10-2-1-3-12(24)13(25)7-10/h1-7H,(H,24,25). The summed E-state index contributed by atoms with van der Waals surface area (Å²) in [5, 5.41) is 16.0. The molecule has 10 heteroatoms. The first-order valence-corrected chi connectivity index (χ1v) is 6.51. The van der Waals surface area contributed by atoms with E-state index in [9.17, 15) is 36.2 Å². The summed E-state index contributed by atoms with van der Waals surface area (Å²) in [6, 6.07) is 5.07. The van der Waals surface area contributed by atoms with Gasteiger partial charge in [0.05, 0.1) is 22.5 Å². The van der Waals surface area contributed by atoms with E-state index >= 15 is 0 Å². The average molecular weight is 362 g/mol. The van der Waals surface area contributed by atoms with Crippen molar-refractivity contribution in [1.82, 2.24) is 0 Å². The van der Waals surface area contributed by atoms with Gasteiger partial charge in [-0.2, -0.15) is 36.6 Å². The van der Waals surface area contributed by atoms with Crippen LogP contribution in [0.2, 0.25) is 0 Å². The molecule has 0 unspecified atom stereocenters. The smallest absolute Gasteiger partial charge is 0.416 e. The van der Waals surface area contributed by atoms with E-state index in [1.165, 1.54) is 12.1 Å². The fourth-order valence-corrected chi connectivity index (χ4v) is 1.75. The second-order valence-electron chi connectivity index (χ2n) is 4.81. The molecule has 0 heterocycles. The Kier molecular flexibility index (Phi) is 4.82. The maximum atomic E-state index is 12.7. The lowest BCUT2D eigenvalue weighted by atomic mass is 10.1. The number of rotatable bonds is 2. The highest BCUT2D eigenvalue weighted by atomic mass is 19.4. The van der Waals surface area contributed by atoms with Gasteiger partial charge in [0.15, 0.2) is 5.75 Å². The first-order valence-electron chi connectivity index (χ1n) is 6.51. The van der Waals surface area contributed by atoms with Gasteiger partial charge in [-0.3, -0.25) is 4.79 Å². The number of benzene rings is 1. The maximum Gasteiger partial charge on any atom is 0.416 e. The van der Waals surface area contributed by atoms with E-state index in [0.717, 1.165) is 12.1 Å². The molecule has 0 aliphatic carbocycles. The zero-order chi connectivity index (χ0) is 18.8. The lowest BCUT2D eigenvalue weighted by Crippen LogP contribution is -2.10. The second kappa shape index (κ2) is 6.54. The Balaban J connectivity index is 2.51. The van der Waals surface area contributed by atoms with Crippen LogP contribution in [0.3, 0.4) is 0 Å². The third kappa shape index (κ3) is 4.78. The molecule has 0 aliphatic rings. The van der Waals surface area contributed by atoms with Gasteiger partial charge < -0.3 is 5.11 Å². The normalized spacial score (nSPS) is 12.6. The lowest BCUT2D eigenvalue weighted by molar-refractivity contribution is -0.143. The van der Waals surface area contributed by atoms with Gasteiger partial charge in [-0.25, -0.2) is 0 Å². The number of hydrogen-bond acceptors (Lipinski definition) is 4. The molecule has 0 atom stereocenters. The number of aromatic hydroxyl groups is 1. The van der Waals surface area contributed by atoms with Crippen LogP contribution in [-0.2, 0) is 12.4 Å². The summed E-state index contributed by atoms with van der Waals surface area (Å²) >= 11 is 0. The summed E-state index contributed by atoms with van der Waals surface area (Å²) in [4.78, 5) is 11.4. The molecule has 4 nitrogen and oxygen atoms in total. The molecule has 25 heavy (non-hydrogen) atoms. The third-order valence-corrected chi connectivity index (χ3v) is 2.91. The van der Waals surface area contributed by atoms with E-state index in [-0.39, 0.29) is 11.8 Å². The quantitative estimate of drug-likeness (QED) is 0.589. The van der Waals surface area contributed by atoms with Crippen LogP contribution in [0.4, 0.5) is 37.7 Å². The first kappa shape index (κ1) is 18.4.